The SMILES string of the molecule is CCn1cc(C(=O)N2CCCCCCNC(=O)CC2)cn1. The number of aromatic nitrogens is 2. The van der Waals surface area contributed by atoms with Gasteiger partial charge in [0.2, 0.25) is 5.91 Å². The van der Waals surface area contributed by atoms with E-state index in [2.05, 4.69) is 10.4 Å². The lowest BCUT2D eigenvalue weighted by Gasteiger charge is -2.21. The molecule has 0 aromatic carbocycles. The highest BCUT2D eigenvalue weighted by molar-refractivity contribution is 5.94. The summed E-state index contributed by atoms with van der Waals surface area (Å²) in [6.45, 7) is 4.66. The Hall–Kier alpha value is -1.85. The number of hydrogen-bond donors (Lipinski definition) is 1. The Morgan fingerprint density at radius 3 is 2.86 bits per heavy atom. The molecule has 1 N–H and O–H groups in total. The zero-order chi connectivity index (χ0) is 15.1. The van der Waals surface area contributed by atoms with Gasteiger partial charge in [-0.3, -0.25) is 14.3 Å². The Bertz CT molecular complexity index is 484. The summed E-state index contributed by atoms with van der Waals surface area (Å²) in [7, 11) is 0. The lowest BCUT2D eigenvalue weighted by atomic mass is 10.2. The molecule has 0 atom stereocenters. The van der Waals surface area contributed by atoms with Crippen LogP contribution in [-0.2, 0) is 11.3 Å². The standard InChI is InChI=1S/C15H24N4O2/c1-2-19-12-13(11-17-19)15(21)18-9-6-4-3-5-8-16-14(20)7-10-18/h11-12H,2-10H2,1H3,(H,16,20). The first-order valence-electron chi connectivity index (χ1n) is 7.79. The van der Waals surface area contributed by atoms with Crippen LogP contribution in [0.4, 0.5) is 0 Å². The van der Waals surface area contributed by atoms with E-state index in [1.54, 1.807) is 22.0 Å². The van der Waals surface area contributed by atoms with Crippen molar-refractivity contribution in [3.05, 3.63) is 18.0 Å². The fourth-order valence-corrected chi connectivity index (χ4v) is 2.48. The van der Waals surface area contributed by atoms with Crippen LogP contribution in [0.3, 0.4) is 0 Å². The summed E-state index contributed by atoms with van der Waals surface area (Å²) >= 11 is 0. The van der Waals surface area contributed by atoms with Crippen LogP contribution in [0, 0.1) is 0 Å². The second-order valence-electron chi connectivity index (χ2n) is 5.39. The van der Waals surface area contributed by atoms with E-state index >= 15 is 0 Å². The quantitative estimate of drug-likeness (QED) is 0.896. The number of rotatable bonds is 2. The molecular weight excluding hydrogens is 268 g/mol. The fraction of sp³-hybridized carbons (Fsp3) is 0.667. The van der Waals surface area contributed by atoms with Crippen LogP contribution in [0.15, 0.2) is 12.4 Å². The van der Waals surface area contributed by atoms with Crippen molar-refractivity contribution in [2.45, 2.75) is 45.6 Å². The van der Waals surface area contributed by atoms with Crippen molar-refractivity contribution in [3.63, 3.8) is 0 Å². The first-order valence-corrected chi connectivity index (χ1v) is 7.79. The third-order valence-corrected chi connectivity index (χ3v) is 3.78. The Balaban J connectivity index is 2.02. The molecule has 0 saturated carbocycles. The lowest BCUT2D eigenvalue weighted by molar-refractivity contribution is -0.121. The lowest BCUT2D eigenvalue weighted by Crippen LogP contribution is -2.35. The highest BCUT2D eigenvalue weighted by Crippen LogP contribution is 2.09. The highest BCUT2D eigenvalue weighted by Gasteiger charge is 2.18. The van der Waals surface area contributed by atoms with Gasteiger partial charge in [0, 0.05) is 38.8 Å². The third-order valence-electron chi connectivity index (χ3n) is 3.78. The molecule has 2 heterocycles. The predicted octanol–water partition coefficient (Wildman–Crippen LogP) is 1.43. The van der Waals surface area contributed by atoms with E-state index in [4.69, 9.17) is 0 Å². The molecule has 0 spiro atoms. The van der Waals surface area contributed by atoms with E-state index in [1.165, 1.54) is 0 Å². The molecule has 116 valence electrons. The van der Waals surface area contributed by atoms with Crippen molar-refractivity contribution in [1.29, 1.82) is 0 Å². The molecule has 0 bridgehead atoms. The van der Waals surface area contributed by atoms with Gasteiger partial charge in [0.15, 0.2) is 0 Å². The van der Waals surface area contributed by atoms with Crippen LogP contribution in [0.1, 0.15) is 49.4 Å². The number of aryl methyl sites for hydroxylation is 1. The molecule has 1 aliphatic heterocycles. The normalized spacial score (nSPS) is 18.0. The summed E-state index contributed by atoms with van der Waals surface area (Å²) in [5, 5.41) is 7.05. The minimum absolute atomic E-state index is 0.0262. The fourth-order valence-electron chi connectivity index (χ4n) is 2.48. The number of hydrogen-bond acceptors (Lipinski definition) is 3. The van der Waals surface area contributed by atoms with Crippen LogP contribution in [-0.4, -0.2) is 46.1 Å². The molecule has 6 nitrogen and oxygen atoms in total. The maximum absolute atomic E-state index is 12.5. The van der Waals surface area contributed by atoms with E-state index in [9.17, 15) is 9.59 Å². The second kappa shape index (κ2) is 7.81. The number of carbonyl (C=O) groups is 2. The molecule has 1 fully saturated rings. The van der Waals surface area contributed by atoms with Crippen LogP contribution >= 0.6 is 0 Å². The van der Waals surface area contributed by atoms with Gasteiger partial charge >= 0.3 is 0 Å². The zero-order valence-electron chi connectivity index (χ0n) is 12.7. The van der Waals surface area contributed by atoms with Crippen molar-refractivity contribution in [3.8, 4) is 0 Å². The van der Waals surface area contributed by atoms with E-state index < -0.39 is 0 Å². The molecule has 6 heteroatoms. The van der Waals surface area contributed by atoms with Gasteiger partial charge in [-0.15, -0.1) is 0 Å². The van der Waals surface area contributed by atoms with Gasteiger partial charge in [-0.25, -0.2) is 0 Å². The third kappa shape index (κ3) is 4.58. The Morgan fingerprint density at radius 2 is 2.10 bits per heavy atom. The van der Waals surface area contributed by atoms with Crippen molar-refractivity contribution >= 4 is 11.8 Å². The largest absolute Gasteiger partial charge is 0.356 e. The van der Waals surface area contributed by atoms with Gasteiger partial charge < -0.3 is 10.2 Å². The molecule has 1 aromatic rings. The second-order valence-corrected chi connectivity index (χ2v) is 5.39. The van der Waals surface area contributed by atoms with Crippen molar-refractivity contribution < 1.29 is 9.59 Å². The maximum atomic E-state index is 12.5. The Labute approximate surface area is 125 Å². The van der Waals surface area contributed by atoms with Crippen LogP contribution in [0.5, 0.6) is 0 Å². The Morgan fingerprint density at radius 1 is 1.29 bits per heavy atom. The van der Waals surface area contributed by atoms with Crippen LogP contribution in [0.25, 0.3) is 0 Å². The first kappa shape index (κ1) is 15.5. The summed E-state index contributed by atoms with van der Waals surface area (Å²) in [5.74, 6) is 0.000648. The summed E-state index contributed by atoms with van der Waals surface area (Å²) in [6.07, 6.45) is 7.94. The average Bonchev–Trinajstić information content (AvgIpc) is 2.95. The molecule has 0 radical (unpaired) electrons. The average molecular weight is 292 g/mol. The van der Waals surface area contributed by atoms with E-state index in [-0.39, 0.29) is 11.8 Å². The summed E-state index contributed by atoms with van der Waals surface area (Å²) in [5.41, 5.74) is 0.604. The topological polar surface area (TPSA) is 67.2 Å². The van der Waals surface area contributed by atoms with Gasteiger partial charge in [-0.2, -0.15) is 5.10 Å². The van der Waals surface area contributed by atoms with Crippen molar-refractivity contribution in [2.75, 3.05) is 19.6 Å². The molecular formula is C15H24N4O2. The highest BCUT2D eigenvalue weighted by atomic mass is 16.2. The van der Waals surface area contributed by atoms with Gasteiger partial charge in [0.05, 0.1) is 11.8 Å². The molecule has 1 aromatic heterocycles. The van der Waals surface area contributed by atoms with E-state index in [0.717, 1.165) is 38.8 Å². The maximum Gasteiger partial charge on any atom is 0.257 e. The minimum atomic E-state index is -0.0262. The molecule has 0 unspecified atom stereocenters. The molecule has 21 heavy (non-hydrogen) atoms. The predicted molar refractivity (Wildman–Crippen MR) is 79.9 cm³/mol. The summed E-state index contributed by atoms with van der Waals surface area (Å²) in [4.78, 5) is 26.0. The van der Waals surface area contributed by atoms with Crippen molar-refractivity contribution in [1.82, 2.24) is 20.0 Å². The zero-order valence-corrected chi connectivity index (χ0v) is 12.7. The van der Waals surface area contributed by atoms with Gasteiger partial charge in [0.25, 0.3) is 5.91 Å². The van der Waals surface area contributed by atoms with Crippen molar-refractivity contribution in [2.24, 2.45) is 0 Å². The first-order chi connectivity index (χ1) is 10.2. The number of nitrogens with zero attached hydrogens (tertiary/aromatic N) is 3. The van der Waals surface area contributed by atoms with Gasteiger partial charge in [0.1, 0.15) is 0 Å². The molecule has 2 rings (SSSR count). The van der Waals surface area contributed by atoms with Gasteiger partial charge in [-0.1, -0.05) is 12.8 Å². The van der Waals surface area contributed by atoms with E-state index in [0.29, 0.717) is 25.1 Å². The Kier molecular flexibility index (Phi) is 5.78. The molecule has 1 aliphatic rings. The van der Waals surface area contributed by atoms with Crippen LogP contribution in [0.2, 0.25) is 0 Å². The summed E-state index contributed by atoms with van der Waals surface area (Å²) in [6, 6.07) is 0. The molecule has 1 saturated heterocycles. The number of nitrogens with one attached hydrogen (secondary N) is 1. The van der Waals surface area contributed by atoms with Crippen LogP contribution < -0.4 is 5.32 Å². The smallest absolute Gasteiger partial charge is 0.257 e. The summed E-state index contributed by atoms with van der Waals surface area (Å²) < 4.78 is 1.74. The van der Waals surface area contributed by atoms with E-state index in [1.807, 2.05) is 6.92 Å². The number of amides is 2. The van der Waals surface area contributed by atoms with Gasteiger partial charge in [-0.05, 0) is 19.8 Å². The monoisotopic (exact) mass is 292 g/mol. The number of carbonyl (C=O) groups excluding carboxylic acids is 2. The molecule has 0 aliphatic carbocycles. The molecule has 2 amide bonds. The minimum Gasteiger partial charge on any atom is -0.356 e.